The molecular weight excluding hydrogens is 316 g/mol. The number of rotatable bonds is 7. The molecule has 5 heteroatoms. The van der Waals surface area contributed by atoms with E-state index in [0.29, 0.717) is 18.1 Å². The molecule has 1 aromatic rings. The van der Waals surface area contributed by atoms with E-state index in [4.69, 9.17) is 9.47 Å². The van der Waals surface area contributed by atoms with Crippen molar-refractivity contribution in [2.75, 3.05) is 33.9 Å². The first kappa shape index (κ1) is 18.1. The molecular formula is C20H30N2O3. The molecule has 1 heterocycles. The summed E-state index contributed by atoms with van der Waals surface area (Å²) in [6.07, 6.45) is 7.01. The first-order chi connectivity index (χ1) is 12.2. The third-order valence-corrected chi connectivity index (χ3v) is 5.59. The lowest BCUT2D eigenvalue weighted by Gasteiger charge is -2.23. The number of methoxy groups -OCH3 is 2. The Kier molecular flexibility index (Phi) is 6.19. The third kappa shape index (κ3) is 4.66. The van der Waals surface area contributed by atoms with Crippen LogP contribution >= 0.6 is 0 Å². The molecule has 5 nitrogen and oxygen atoms in total. The smallest absolute Gasteiger partial charge is 0.224 e. The van der Waals surface area contributed by atoms with E-state index in [1.807, 2.05) is 18.2 Å². The summed E-state index contributed by atoms with van der Waals surface area (Å²) in [5, 5.41) is 3.11. The van der Waals surface area contributed by atoms with Crippen LogP contribution in [0.25, 0.3) is 0 Å². The molecule has 2 fully saturated rings. The minimum absolute atomic E-state index is 0.0581. The number of carbonyl (C=O) groups excluding carboxylic acids is 1. The fourth-order valence-electron chi connectivity index (χ4n) is 4.12. The number of likely N-dealkylation sites (tertiary alicyclic amines) is 1. The molecule has 1 aromatic carbocycles. The minimum atomic E-state index is 0.0581. The number of hydrogen-bond donors (Lipinski definition) is 1. The van der Waals surface area contributed by atoms with Crippen LogP contribution in [0.5, 0.6) is 11.5 Å². The van der Waals surface area contributed by atoms with Crippen LogP contribution in [-0.2, 0) is 11.2 Å². The monoisotopic (exact) mass is 346 g/mol. The number of amides is 1. The SMILES string of the molecule is COc1ccc(CC(=O)NC[C@H]2CCN(C3CCCC3)C2)c(OC)c1. The van der Waals surface area contributed by atoms with Gasteiger partial charge < -0.3 is 19.7 Å². The lowest BCUT2D eigenvalue weighted by molar-refractivity contribution is -0.120. The number of hydrogen-bond acceptors (Lipinski definition) is 4. The van der Waals surface area contributed by atoms with Gasteiger partial charge in [0.15, 0.2) is 0 Å². The van der Waals surface area contributed by atoms with Crippen molar-refractivity contribution in [1.82, 2.24) is 10.2 Å². The fourth-order valence-corrected chi connectivity index (χ4v) is 4.12. The molecule has 1 saturated carbocycles. The van der Waals surface area contributed by atoms with Crippen molar-refractivity contribution in [2.45, 2.75) is 44.6 Å². The summed E-state index contributed by atoms with van der Waals surface area (Å²) in [7, 11) is 3.24. The molecule has 2 aliphatic rings. The van der Waals surface area contributed by atoms with E-state index in [1.54, 1.807) is 14.2 Å². The molecule has 0 radical (unpaired) electrons. The van der Waals surface area contributed by atoms with Crippen molar-refractivity contribution in [3.8, 4) is 11.5 Å². The third-order valence-electron chi connectivity index (χ3n) is 5.59. The van der Waals surface area contributed by atoms with Crippen LogP contribution in [0.4, 0.5) is 0 Å². The van der Waals surface area contributed by atoms with Gasteiger partial charge in [0.2, 0.25) is 5.91 Å². The molecule has 0 bridgehead atoms. The Bertz CT molecular complexity index is 584. The van der Waals surface area contributed by atoms with Gasteiger partial charge in [0.25, 0.3) is 0 Å². The summed E-state index contributed by atoms with van der Waals surface area (Å²) in [6, 6.07) is 6.37. The molecule has 1 saturated heterocycles. The summed E-state index contributed by atoms with van der Waals surface area (Å²) in [6.45, 7) is 3.11. The van der Waals surface area contributed by atoms with Gasteiger partial charge in [-0.05, 0) is 37.8 Å². The number of nitrogens with one attached hydrogen (secondary N) is 1. The molecule has 3 rings (SSSR count). The highest BCUT2D eigenvalue weighted by molar-refractivity contribution is 5.79. The van der Waals surface area contributed by atoms with Gasteiger partial charge in [-0.15, -0.1) is 0 Å². The first-order valence-corrected chi connectivity index (χ1v) is 9.41. The van der Waals surface area contributed by atoms with Gasteiger partial charge in [-0.1, -0.05) is 18.9 Å². The number of benzene rings is 1. The Morgan fingerprint density at radius 2 is 2.00 bits per heavy atom. The van der Waals surface area contributed by atoms with Crippen LogP contribution in [-0.4, -0.2) is 50.7 Å². The number of ether oxygens (including phenoxy) is 2. The molecule has 1 aliphatic heterocycles. The van der Waals surface area contributed by atoms with Gasteiger partial charge in [-0.25, -0.2) is 0 Å². The highest BCUT2D eigenvalue weighted by Crippen LogP contribution is 2.28. The predicted molar refractivity (Wildman–Crippen MR) is 98.2 cm³/mol. The van der Waals surface area contributed by atoms with Crippen LogP contribution in [0.15, 0.2) is 18.2 Å². The summed E-state index contributed by atoms with van der Waals surface area (Å²) in [5.74, 6) is 2.08. The highest BCUT2D eigenvalue weighted by Gasteiger charge is 2.29. The topological polar surface area (TPSA) is 50.8 Å². The largest absolute Gasteiger partial charge is 0.497 e. The molecule has 0 unspecified atom stereocenters. The fraction of sp³-hybridized carbons (Fsp3) is 0.650. The Hall–Kier alpha value is -1.75. The van der Waals surface area contributed by atoms with Gasteiger partial charge in [-0.3, -0.25) is 4.79 Å². The Balaban J connectivity index is 1.45. The molecule has 1 aliphatic carbocycles. The van der Waals surface area contributed by atoms with Crippen molar-refractivity contribution in [3.05, 3.63) is 23.8 Å². The zero-order valence-electron chi connectivity index (χ0n) is 15.4. The van der Waals surface area contributed by atoms with Gasteiger partial charge >= 0.3 is 0 Å². The summed E-state index contributed by atoms with van der Waals surface area (Å²) >= 11 is 0. The molecule has 0 spiro atoms. The second-order valence-corrected chi connectivity index (χ2v) is 7.25. The van der Waals surface area contributed by atoms with Crippen LogP contribution in [0, 0.1) is 5.92 Å². The molecule has 25 heavy (non-hydrogen) atoms. The van der Waals surface area contributed by atoms with E-state index >= 15 is 0 Å². The quantitative estimate of drug-likeness (QED) is 0.825. The maximum atomic E-state index is 12.3. The second-order valence-electron chi connectivity index (χ2n) is 7.25. The first-order valence-electron chi connectivity index (χ1n) is 9.41. The number of nitrogens with zero attached hydrogens (tertiary/aromatic N) is 1. The molecule has 1 amide bonds. The van der Waals surface area contributed by atoms with Gasteiger partial charge in [0.1, 0.15) is 11.5 Å². The zero-order chi connectivity index (χ0) is 17.6. The molecule has 0 aromatic heterocycles. The lowest BCUT2D eigenvalue weighted by atomic mass is 10.1. The van der Waals surface area contributed by atoms with E-state index in [1.165, 1.54) is 38.6 Å². The maximum absolute atomic E-state index is 12.3. The summed E-state index contributed by atoms with van der Waals surface area (Å²) < 4.78 is 10.6. The average Bonchev–Trinajstić information content (AvgIpc) is 3.31. The molecule has 138 valence electrons. The van der Waals surface area contributed by atoms with E-state index in [-0.39, 0.29) is 5.91 Å². The maximum Gasteiger partial charge on any atom is 0.224 e. The number of carbonyl (C=O) groups is 1. The van der Waals surface area contributed by atoms with Crippen molar-refractivity contribution in [3.63, 3.8) is 0 Å². The van der Waals surface area contributed by atoms with Crippen molar-refractivity contribution in [1.29, 1.82) is 0 Å². The summed E-state index contributed by atoms with van der Waals surface area (Å²) in [5.41, 5.74) is 0.889. The minimum Gasteiger partial charge on any atom is -0.497 e. The van der Waals surface area contributed by atoms with Crippen LogP contribution in [0.2, 0.25) is 0 Å². The summed E-state index contributed by atoms with van der Waals surface area (Å²) in [4.78, 5) is 15.0. The van der Waals surface area contributed by atoms with Gasteiger partial charge in [-0.2, -0.15) is 0 Å². The molecule has 1 N–H and O–H groups in total. The van der Waals surface area contributed by atoms with Crippen molar-refractivity contribution < 1.29 is 14.3 Å². The van der Waals surface area contributed by atoms with Crippen LogP contribution < -0.4 is 14.8 Å². The highest BCUT2D eigenvalue weighted by atomic mass is 16.5. The van der Waals surface area contributed by atoms with Crippen molar-refractivity contribution >= 4 is 5.91 Å². The predicted octanol–water partition coefficient (Wildman–Crippen LogP) is 2.63. The standard InChI is InChI=1S/C20H30N2O3/c1-24-18-8-7-16(19(12-18)25-2)11-20(23)21-13-15-9-10-22(14-15)17-5-3-4-6-17/h7-8,12,15,17H,3-6,9-11,13-14H2,1-2H3,(H,21,23)/t15-/m1/s1. The molecule has 1 atom stereocenters. The Labute approximate surface area is 150 Å². The Morgan fingerprint density at radius 1 is 1.20 bits per heavy atom. The van der Waals surface area contributed by atoms with E-state index in [0.717, 1.165) is 30.4 Å². The normalized spacial score (nSPS) is 21.4. The van der Waals surface area contributed by atoms with Crippen LogP contribution in [0.3, 0.4) is 0 Å². The van der Waals surface area contributed by atoms with Gasteiger partial charge in [0, 0.05) is 30.8 Å². The average molecular weight is 346 g/mol. The van der Waals surface area contributed by atoms with E-state index in [9.17, 15) is 4.79 Å². The lowest BCUT2D eigenvalue weighted by Crippen LogP contribution is -2.34. The second kappa shape index (κ2) is 8.56. The zero-order valence-corrected chi connectivity index (χ0v) is 15.4. The van der Waals surface area contributed by atoms with Crippen molar-refractivity contribution in [2.24, 2.45) is 5.92 Å². The van der Waals surface area contributed by atoms with Gasteiger partial charge in [0.05, 0.1) is 20.6 Å². The Morgan fingerprint density at radius 3 is 2.72 bits per heavy atom. The van der Waals surface area contributed by atoms with E-state index in [2.05, 4.69) is 10.2 Å². The van der Waals surface area contributed by atoms with E-state index < -0.39 is 0 Å². The van der Waals surface area contributed by atoms with Crippen LogP contribution in [0.1, 0.15) is 37.7 Å².